The molecule has 1 heterocycles. The second-order valence-corrected chi connectivity index (χ2v) is 5.09. The van der Waals surface area contributed by atoms with Gasteiger partial charge in [0.25, 0.3) is 0 Å². The summed E-state index contributed by atoms with van der Waals surface area (Å²) in [5.41, 5.74) is 1.78. The predicted molar refractivity (Wildman–Crippen MR) is 78.8 cm³/mol. The first-order chi connectivity index (χ1) is 8.77. The molecule has 0 fully saturated rings. The molecule has 18 heavy (non-hydrogen) atoms. The zero-order valence-electron chi connectivity index (χ0n) is 9.36. The summed E-state index contributed by atoms with van der Waals surface area (Å²) >= 11 is 9.89. The molecule has 0 bridgehead atoms. The van der Waals surface area contributed by atoms with Crippen LogP contribution in [-0.4, -0.2) is 0 Å². The average molecular weight is 321 g/mol. The van der Waals surface area contributed by atoms with Gasteiger partial charge >= 0.3 is 11.3 Å². The van der Waals surface area contributed by atoms with Gasteiger partial charge in [-0.05, 0) is 34.1 Å². The van der Waals surface area contributed by atoms with Gasteiger partial charge in [0.05, 0.1) is 16.0 Å². The van der Waals surface area contributed by atoms with Crippen LogP contribution in [0.4, 0.5) is 0 Å². The molecule has 1 nitrogen and oxygen atoms in total. The topological polar surface area (TPSA) is 11.3 Å². The van der Waals surface area contributed by atoms with Crippen LogP contribution in [0.25, 0.3) is 22.3 Å². The van der Waals surface area contributed by atoms with Gasteiger partial charge in [0.15, 0.2) is 0 Å². The van der Waals surface area contributed by atoms with Crippen molar-refractivity contribution in [1.29, 1.82) is 0 Å². The minimum absolute atomic E-state index is 0.677. The molecule has 2 aromatic carbocycles. The van der Waals surface area contributed by atoms with E-state index in [4.69, 9.17) is 16.0 Å². The zero-order valence-corrected chi connectivity index (χ0v) is 11.7. The van der Waals surface area contributed by atoms with Crippen LogP contribution in [0.3, 0.4) is 0 Å². The number of fused-ring (bicyclic) bond motifs is 1. The van der Waals surface area contributed by atoms with E-state index in [1.165, 1.54) is 0 Å². The molecule has 0 unspecified atom stereocenters. The Morgan fingerprint density at radius 1 is 0.889 bits per heavy atom. The first-order valence-corrected chi connectivity index (χ1v) is 6.70. The summed E-state index contributed by atoms with van der Waals surface area (Å²) in [4.78, 5) is 0. The lowest BCUT2D eigenvalue weighted by atomic mass is 10.1. The van der Waals surface area contributed by atoms with Crippen molar-refractivity contribution in [3.63, 3.8) is 0 Å². The SMILES string of the molecule is Clc1c(Br)c(-c2ccccc2)[o+]c2ccccc12. The molecule has 0 saturated heterocycles. The highest BCUT2D eigenvalue weighted by Gasteiger charge is 2.23. The number of rotatable bonds is 1. The third-order valence-electron chi connectivity index (χ3n) is 2.76. The molecule has 0 atom stereocenters. The molecule has 0 amide bonds. The maximum atomic E-state index is 6.37. The van der Waals surface area contributed by atoms with Gasteiger partial charge in [-0.1, -0.05) is 41.9 Å². The molecule has 0 saturated carbocycles. The Hall–Kier alpha value is -1.38. The van der Waals surface area contributed by atoms with Crippen LogP contribution in [0.2, 0.25) is 5.02 Å². The molecular weight excluding hydrogens is 312 g/mol. The number of para-hydroxylation sites is 1. The standard InChI is InChI=1S/C15H9BrClO/c16-13-14(17)11-8-4-5-9-12(11)18-15(13)10-6-2-1-3-7-10/h1-9H/q+1. The van der Waals surface area contributed by atoms with E-state index in [0.717, 1.165) is 26.8 Å². The Morgan fingerprint density at radius 2 is 1.56 bits per heavy atom. The first kappa shape index (κ1) is 11.7. The summed E-state index contributed by atoms with van der Waals surface area (Å²) in [7, 11) is 0. The summed E-state index contributed by atoms with van der Waals surface area (Å²) in [6.07, 6.45) is 0. The molecule has 0 aliphatic heterocycles. The van der Waals surface area contributed by atoms with Crippen molar-refractivity contribution in [3.05, 3.63) is 64.1 Å². The van der Waals surface area contributed by atoms with E-state index in [2.05, 4.69) is 15.9 Å². The molecule has 0 N–H and O–H groups in total. The molecule has 88 valence electrons. The van der Waals surface area contributed by atoms with Gasteiger partial charge in [-0.2, -0.15) is 0 Å². The molecule has 1 aromatic heterocycles. The maximum absolute atomic E-state index is 6.37. The fraction of sp³-hybridized carbons (Fsp3) is 0. The lowest BCUT2D eigenvalue weighted by Crippen LogP contribution is -1.83. The molecule has 0 spiro atoms. The fourth-order valence-electron chi connectivity index (χ4n) is 1.88. The van der Waals surface area contributed by atoms with Crippen molar-refractivity contribution in [1.82, 2.24) is 0 Å². The quantitative estimate of drug-likeness (QED) is 0.516. The van der Waals surface area contributed by atoms with E-state index in [0.29, 0.717) is 5.02 Å². The lowest BCUT2D eigenvalue weighted by Gasteiger charge is -1.99. The minimum Gasteiger partial charge on any atom is -0.205 e. The molecule has 0 aliphatic carbocycles. The molecule has 3 aromatic rings. The summed E-state index contributed by atoms with van der Waals surface area (Å²) in [5, 5.41) is 1.58. The van der Waals surface area contributed by atoms with Crippen LogP contribution in [0.1, 0.15) is 0 Å². The number of halogens is 2. The zero-order chi connectivity index (χ0) is 12.5. The van der Waals surface area contributed by atoms with Gasteiger partial charge in [-0.15, -0.1) is 0 Å². The monoisotopic (exact) mass is 319 g/mol. The van der Waals surface area contributed by atoms with E-state index in [9.17, 15) is 0 Å². The Labute approximate surface area is 118 Å². The van der Waals surface area contributed by atoms with E-state index in [-0.39, 0.29) is 0 Å². The van der Waals surface area contributed by atoms with Crippen molar-refractivity contribution >= 4 is 38.5 Å². The van der Waals surface area contributed by atoms with Crippen molar-refractivity contribution in [2.75, 3.05) is 0 Å². The predicted octanol–water partition coefficient (Wildman–Crippen LogP) is 5.80. The Balaban J connectivity index is 2.34. The Bertz CT molecular complexity index is 710. The van der Waals surface area contributed by atoms with Gasteiger partial charge in [-0.25, -0.2) is 4.42 Å². The van der Waals surface area contributed by atoms with Crippen LogP contribution in [0, 0.1) is 0 Å². The fourth-order valence-corrected chi connectivity index (χ4v) is 2.65. The van der Waals surface area contributed by atoms with Gasteiger partial charge in [0.2, 0.25) is 0 Å². The number of hydrogen-bond donors (Lipinski definition) is 0. The van der Waals surface area contributed by atoms with Crippen LogP contribution in [0.15, 0.2) is 63.5 Å². The van der Waals surface area contributed by atoms with Crippen LogP contribution in [0.5, 0.6) is 0 Å². The second kappa shape index (κ2) is 4.71. The molecule has 3 heteroatoms. The van der Waals surface area contributed by atoms with Crippen LogP contribution < -0.4 is 0 Å². The number of benzene rings is 2. The third kappa shape index (κ3) is 1.92. The van der Waals surface area contributed by atoms with Gasteiger partial charge in [-0.3, -0.25) is 0 Å². The van der Waals surface area contributed by atoms with Crippen molar-refractivity contribution in [2.45, 2.75) is 0 Å². The summed E-state index contributed by atoms with van der Waals surface area (Å²) < 4.78 is 6.71. The molecule has 0 radical (unpaired) electrons. The first-order valence-electron chi connectivity index (χ1n) is 5.52. The molecular formula is C15H9BrClO+. The van der Waals surface area contributed by atoms with Gasteiger partial charge < -0.3 is 0 Å². The highest BCUT2D eigenvalue weighted by molar-refractivity contribution is 9.10. The highest BCUT2D eigenvalue weighted by Crippen LogP contribution is 2.39. The smallest absolute Gasteiger partial charge is 0.205 e. The molecule has 0 aliphatic rings. The lowest BCUT2D eigenvalue weighted by molar-refractivity contribution is 0.617. The van der Waals surface area contributed by atoms with Crippen molar-refractivity contribution < 1.29 is 4.42 Å². The third-order valence-corrected chi connectivity index (χ3v) is 4.14. The second-order valence-electron chi connectivity index (χ2n) is 3.92. The Kier molecular flexibility index (Phi) is 3.06. The van der Waals surface area contributed by atoms with Crippen molar-refractivity contribution in [2.24, 2.45) is 0 Å². The molecule has 3 rings (SSSR count). The van der Waals surface area contributed by atoms with Crippen molar-refractivity contribution in [3.8, 4) is 11.3 Å². The maximum Gasteiger partial charge on any atom is 0.376 e. The van der Waals surface area contributed by atoms with Gasteiger partial charge in [0, 0.05) is 6.07 Å². The average Bonchev–Trinajstić information content (AvgIpc) is 2.44. The van der Waals surface area contributed by atoms with E-state index in [1.54, 1.807) is 0 Å². The summed E-state index contributed by atoms with van der Waals surface area (Å²) in [5.74, 6) is 0.749. The van der Waals surface area contributed by atoms with E-state index < -0.39 is 0 Å². The van der Waals surface area contributed by atoms with Crippen LogP contribution in [-0.2, 0) is 0 Å². The summed E-state index contributed by atoms with van der Waals surface area (Å²) in [6, 6.07) is 17.6. The van der Waals surface area contributed by atoms with E-state index in [1.807, 2.05) is 54.6 Å². The van der Waals surface area contributed by atoms with Gasteiger partial charge in [0.1, 0.15) is 4.47 Å². The highest BCUT2D eigenvalue weighted by atomic mass is 79.9. The van der Waals surface area contributed by atoms with E-state index >= 15 is 0 Å². The largest absolute Gasteiger partial charge is 0.376 e. The number of hydrogen-bond acceptors (Lipinski definition) is 0. The van der Waals surface area contributed by atoms with Crippen LogP contribution >= 0.6 is 27.5 Å². The summed E-state index contributed by atoms with van der Waals surface area (Å²) in [6.45, 7) is 0. The normalized spacial score (nSPS) is 10.8. The Morgan fingerprint density at radius 3 is 2.33 bits per heavy atom. The minimum atomic E-state index is 0.677.